The molecule has 1 atom stereocenters. The first kappa shape index (κ1) is 9.62. The van der Waals surface area contributed by atoms with Gasteiger partial charge in [-0.3, -0.25) is 0 Å². The zero-order valence-corrected chi connectivity index (χ0v) is 8.48. The lowest BCUT2D eigenvalue weighted by molar-refractivity contribution is 0.198. The van der Waals surface area contributed by atoms with E-state index in [-0.39, 0.29) is 6.10 Å². The molecule has 0 aliphatic carbocycles. The summed E-state index contributed by atoms with van der Waals surface area (Å²) in [5.41, 5.74) is 2.18. The molecule has 1 N–H and O–H groups in total. The van der Waals surface area contributed by atoms with Crippen molar-refractivity contribution in [1.29, 1.82) is 0 Å². The van der Waals surface area contributed by atoms with E-state index >= 15 is 0 Å². The largest absolute Gasteiger partial charge is 0.389 e. The standard InChI is InChI=1S/C10H14OS/c1-7-4-5-9(12-3)6-10(7)8(2)11/h4-6,8,11H,1-3H3. The first-order valence-electron chi connectivity index (χ1n) is 3.97. The molecule has 1 nitrogen and oxygen atoms in total. The van der Waals surface area contributed by atoms with Crippen molar-refractivity contribution < 1.29 is 5.11 Å². The van der Waals surface area contributed by atoms with E-state index in [9.17, 15) is 5.11 Å². The highest BCUT2D eigenvalue weighted by atomic mass is 32.2. The van der Waals surface area contributed by atoms with E-state index in [0.29, 0.717) is 0 Å². The van der Waals surface area contributed by atoms with E-state index in [1.807, 2.05) is 25.3 Å². The molecule has 0 amide bonds. The lowest BCUT2D eigenvalue weighted by Gasteiger charge is -2.09. The van der Waals surface area contributed by atoms with E-state index in [4.69, 9.17) is 0 Å². The SMILES string of the molecule is CSc1ccc(C)c(C(C)O)c1. The van der Waals surface area contributed by atoms with Gasteiger partial charge in [0.25, 0.3) is 0 Å². The Balaban J connectivity index is 3.08. The highest BCUT2D eigenvalue weighted by Crippen LogP contribution is 2.23. The van der Waals surface area contributed by atoms with E-state index in [1.165, 1.54) is 4.90 Å². The molecular weight excluding hydrogens is 168 g/mol. The van der Waals surface area contributed by atoms with Crippen LogP contribution in [0.2, 0.25) is 0 Å². The van der Waals surface area contributed by atoms with Crippen LogP contribution in [0.25, 0.3) is 0 Å². The van der Waals surface area contributed by atoms with Crippen LogP contribution < -0.4 is 0 Å². The van der Waals surface area contributed by atoms with Gasteiger partial charge in [0.2, 0.25) is 0 Å². The molecule has 0 aliphatic heterocycles. The summed E-state index contributed by atoms with van der Waals surface area (Å²) in [6, 6.07) is 6.17. The number of aliphatic hydroxyl groups excluding tert-OH is 1. The summed E-state index contributed by atoms with van der Waals surface area (Å²) < 4.78 is 0. The smallest absolute Gasteiger partial charge is 0.0764 e. The summed E-state index contributed by atoms with van der Waals surface area (Å²) in [4.78, 5) is 1.21. The van der Waals surface area contributed by atoms with Gasteiger partial charge in [-0.2, -0.15) is 0 Å². The highest BCUT2D eigenvalue weighted by molar-refractivity contribution is 7.98. The predicted octanol–water partition coefficient (Wildman–Crippen LogP) is 2.77. The molecule has 66 valence electrons. The number of aryl methyl sites for hydroxylation is 1. The summed E-state index contributed by atoms with van der Waals surface area (Å²) in [6.45, 7) is 3.82. The van der Waals surface area contributed by atoms with E-state index in [2.05, 4.69) is 6.07 Å². The Kier molecular flexibility index (Phi) is 3.18. The fourth-order valence-electron chi connectivity index (χ4n) is 1.20. The van der Waals surface area contributed by atoms with Gasteiger partial charge in [-0.15, -0.1) is 11.8 Å². The van der Waals surface area contributed by atoms with Gasteiger partial charge in [-0.05, 0) is 43.4 Å². The molecule has 0 saturated heterocycles. The van der Waals surface area contributed by atoms with Crippen LogP contribution in [0, 0.1) is 6.92 Å². The van der Waals surface area contributed by atoms with Crippen molar-refractivity contribution in [3.05, 3.63) is 29.3 Å². The summed E-state index contributed by atoms with van der Waals surface area (Å²) in [5.74, 6) is 0. The van der Waals surface area contributed by atoms with Gasteiger partial charge in [0, 0.05) is 4.90 Å². The first-order valence-corrected chi connectivity index (χ1v) is 5.20. The zero-order chi connectivity index (χ0) is 9.14. The van der Waals surface area contributed by atoms with Crippen molar-refractivity contribution in [3.63, 3.8) is 0 Å². The fraction of sp³-hybridized carbons (Fsp3) is 0.400. The molecule has 12 heavy (non-hydrogen) atoms. The quantitative estimate of drug-likeness (QED) is 0.710. The highest BCUT2D eigenvalue weighted by Gasteiger charge is 2.04. The van der Waals surface area contributed by atoms with Crippen molar-refractivity contribution >= 4 is 11.8 Å². The number of thioether (sulfide) groups is 1. The molecule has 0 saturated carbocycles. The van der Waals surface area contributed by atoms with Gasteiger partial charge in [-0.25, -0.2) is 0 Å². The summed E-state index contributed by atoms with van der Waals surface area (Å²) >= 11 is 1.70. The number of rotatable bonds is 2. The third kappa shape index (κ3) is 2.02. The minimum Gasteiger partial charge on any atom is -0.389 e. The Morgan fingerprint density at radius 2 is 2.08 bits per heavy atom. The summed E-state index contributed by atoms with van der Waals surface area (Å²) in [5, 5.41) is 9.42. The van der Waals surface area contributed by atoms with E-state index in [1.54, 1.807) is 18.7 Å². The molecule has 0 aromatic heterocycles. The molecule has 2 heteroatoms. The van der Waals surface area contributed by atoms with Gasteiger partial charge >= 0.3 is 0 Å². The van der Waals surface area contributed by atoms with E-state index < -0.39 is 0 Å². The predicted molar refractivity (Wildman–Crippen MR) is 53.6 cm³/mol. The Bertz CT molecular complexity index is 269. The van der Waals surface area contributed by atoms with Crippen molar-refractivity contribution in [1.82, 2.24) is 0 Å². The molecule has 1 aromatic rings. The maximum Gasteiger partial charge on any atom is 0.0764 e. The second-order valence-electron chi connectivity index (χ2n) is 2.90. The van der Waals surface area contributed by atoms with E-state index in [0.717, 1.165) is 11.1 Å². The van der Waals surface area contributed by atoms with Crippen LogP contribution in [-0.4, -0.2) is 11.4 Å². The van der Waals surface area contributed by atoms with Crippen molar-refractivity contribution in [3.8, 4) is 0 Å². The third-order valence-electron chi connectivity index (χ3n) is 1.94. The Morgan fingerprint density at radius 1 is 1.42 bits per heavy atom. The lowest BCUT2D eigenvalue weighted by atomic mass is 10.1. The first-order chi connectivity index (χ1) is 5.65. The lowest BCUT2D eigenvalue weighted by Crippen LogP contribution is -1.94. The van der Waals surface area contributed by atoms with Gasteiger partial charge in [-0.1, -0.05) is 6.07 Å². The molecule has 0 radical (unpaired) electrons. The number of hydrogen-bond acceptors (Lipinski definition) is 2. The van der Waals surface area contributed by atoms with Crippen LogP contribution in [-0.2, 0) is 0 Å². The third-order valence-corrected chi connectivity index (χ3v) is 2.66. The van der Waals surface area contributed by atoms with Gasteiger partial charge in [0.05, 0.1) is 6.10 Å². The molecule has 0 heterocycles. The average Bonchev–Trinajstić information content (AvgIpc) is 2.05. The normalized spacial score (nSPS) is 13.0. The van der Waals surface area contributed by atoms with Gasteiger partial charge < -0.3 is 5.11 Å². The number of aliphatic hydroxyl groups is 1. The van der Waals surface area contributed by atoms with Crippen LogP contribution in [0.15, 0.2) is 23.1 Å². The summed E-state index contributed by atoms with van der Waals surface area (Å²) in [7, 11) is 0. The fourth-order valence-corrected chi connectivity index (χ4v) is 1.64. The second-order valence-corrected chi connectivity index (χ2v) is 3.78. The van der Waals surface area contributed by atoms with Crippen molar-refractivity contribution in [2.45, 2.75) is 24.8 Å². The summed E-state index contributed by atoms with van der Waals surface area (Å²) in [6.07, 6.45) is 1.67. The molecule has 0 aliphatic rings. The van der Waals surface area contributed by atoms with Crippen LogP contribution >= 0.6 is 11.8 Å². The Morgan fingerprint density at radius 3 is 2.58 bits per heavy atom. The van der Waals surface area contributed by atoms with Crippen molar-refractivity contribution in [2.24, 2.45) is 0 Å². The van der Waals surface area contributed by atoms with Crippen molar-refractivity contribution in [2.75, 3.05) is 6.26 Å². The average molecular weight is 182 g/mol. The van der Waals surface area contributed by atoms with Crippen LogP contribution in [0.3, 0.4) is 0 Å². The molecular formula is C10H14OS. The molecule has 1 unspecified atom stereocenters. The Labute approximate surface area is 77.8 Å². The molecule has 1 rings (SSSR count). The molecule has 0 fully saturated rings. The number of benzene rings is 1. The maximum atomic E-state index is 9.42. The minimum absolute atomic E-state index is 0.364. The maximum absolute atomic E-state index is 9.42. The van der Waals surface area contributed by atoms with Gasteiger partial charge in [0.15, 0.2) is 0 Å². The van der Waals surface area contributed by atoms with Crippen LogP contribution in [0.5, 0.6) is 0 Å². The Hall–Kier alpha value is -0.470. The van der Waals surface area contributed by atoms with Gasteiger partial charge in [0.1, 0.15) is 0 Å². The molecule has 0 bridgehead atoms. The topological polar surface area (TPSA) is 20.2 Å². The monoisotopic (exact) mass is 182 g/mol. The molecule has 0 spiro atoms. The zero-order valence-electron chi connectivity index (χ0n) is 7.66. The van der Waals surface area contributed by atoms with Crippen LogP contribution in [0.4, 0.5) is 0 Å². The second kappa shape index (κ2) is 3.97. The minimum atomic E-state index is -0.364. The number of hydrogen-bond donors (Lipinski definition) is 1. The molecule has 1 aromatic carbocycles. The van der Waals surface area contributed by atoms with Crippen LogP contribution in [0.1, 0.15) is 24.2 Å².